The van der Waals surface area contributed by atoms with Crippen LogP contribution in [-0.2, 0) is 11.0 Å². The maximum Gasteiger partial charge on any atom is 0.416 e. The fourth-order valence-corrected chi connectivity index (χ4v) is 4.28. The number of carbonyl (C=O) groups is 2. The monoisotopic (exact) mass is 469 g/mol. The highest BCUT2D eigenvalue weighted by Crippen LogP contribution is 2.40. The number of rotatable bonds is 5. The lowest BCUT2D eigenvalue weighted by atomic mass is 9.91. The normalized spacial score (nSPS) is 20.7. The highest BCUT2D eigenvalue weighted by Gasteiger charge is 2.41. The second-order valence-electron chi connectivity index (χ2n) is 8.24. The van der Waals surface area contributed by atoms with Gasteiger partial charge in [-0.1, -0.05) is 30.3 Å². The number of primary amides is 1. The van der Waals surface area contributed by atoms with Crippen molar-refractivity contribution in [1.82, 2.24) is 10.2 Å². The number of nitrogens with one attached hydrogen (secondary N) is 1. The molecular weight excluding hydrogens is 447 g/mol. The topological polar surface area (TPSA) is 102 Å². The van der Waals surface area contributed by atoms with Crippen molar-refractivity contribution in [3.63, 3.8) is 0 Å². The first kappa shape index (κ1) is 23.3. The maximum absolute atomic E-state index is 13.5. The van der Waals surface area contributed by atoms with E-state index in [0.717, 1.165) is 40.5 Å². The van der Waals surface area contributed by atoms with Crippen LogP contribution < -0.4 is 16.0 Å². The summed E-state index contributed by atoms with van der Waals surface area (Å²) in [5.41, 5.74) is 6.36. The number of carbonyl (C=O) groups excluding carboxylic acids is 2. The van der Waals surface area contributed by atoms with Gasteiger partial charge < -0.3 is 16.0 Å². The van der Waals surface area contributed by atoms with Gasteiger partial charge in [-0.05, 0) is 49.2 Å². The number of anilines is 1. The summed E-state index contributed by atoms with van der Waals surface area (Å²) < 4.78 is 39.8. The molecule has 0 saturated carbocycles. The van der Waals surface area contributed by atoms with Crippen molar-refractivity contribution in [3.8, 4) is 6.07 Å². The molecule has 0 spiro atoms. The van der Waals surface area contributed by atoms with E-state index in [1.54, 1.807) is 12.1 Å². The Kier molecular flexibility index (Phi) is 6.06. The summed E-state index contributed by atoms with van der Waals surface area (Å²) in [6.07, 6.45) is -3.61. The lowest BCUT2D eigenvalue weighted by Crippen LogP contribution is -2.52. The molecule has 2 aliphatic rings. The zero-order valence-corrected chi connectivity index (χ0v) is 18.3. The Morgan fingerprint density at radius 1 is 1.21 bits per heavy atom. The summed E-state index contributed by atoms with van der Waals surface area (Å²) in [7, 11) is 0. The molecule has 0 aliphatic carbocycles. The fourth-order valence-electron chi connectivity index (χ4n) is 4.28. The predicted molar refractivity (Wildman–Crippen MR) is 118 cm³/mol. The third-order valence-corrected chi connectivity index (χ3v) is 6.10. The van der Waals surface area contributed by atoms with Crippen LogP contribution >= 0.6 is 0 Å². The van der Waals surface area contributed by atoms with Crippen LogP contribution in [0.4, 0.5) is 23.7 Å². The molecule has 0 aromatic heterocycles. The predicted octanol–water partition coefficient (Wildman–Crippen LogP) is 4.01. The number of halogens is 3. The third kappa shape index (κ3) is 4.22. The number of benzene rings is 2. The lowest BCUT2D eigenvalue weighted by molar-refractivity contribution is -0.137. The van der Waals surface area contributed by atoms with Crippen molar-refractivity contribution in [3.05, 3.63) is 76.5 Å². The molecule has 4 rings (SSSR count). The molecule has 0 radical (unpaired) electrons. The summed E-state index contributed by atoms with van der Waals surface area (Å²) in [6, 6.07) is 12.3. The molecule has 176 valence electrons. The average molecular weight is 469 g/mol. The standard InChI is InChI=1S/C24H22F3N5O2/c1-14-19(12-28)22(16-7-5-15(6-8-16)20-9-10-30-20)31(13-21(29)33)23(34)32(14)18-4-2-3-17(11-18)24(25,26)27/h2-8,11,20,22,30H,9-10,13H2,1H3,(H2,29,33)/t20?,22-/m1/s1. The highest BCUT2D eigenvalue weighted by atomic mass is 19.4. The molecular formula is C24H22F3N5O2. The van der Waals surface area contributed by atoms with Crippen molar-refractivity contribution >= 4 is 17.6 Å². The summed E-state index contributed by atoms with van der Waals surface area (Å²) in [5.74, 6) is -0.811. The van der Waals surface area contributed by atoms with Gasteiger partial charge in [-0.2, -0.15) is 18.4 Å². The van der Waals surface area contributed by atoms with E-state index < -0.39 is 36.3 Å². The number of amides is 3. The van der Waals surface area contributed by atoms with Crippen LogP contribution in [0.3, 0.4) is 0 Å². The summed E-state index contributed by atoms with van der Waals surface area (Å²) in [4.78, 5) is 27.5. The molecule has 3 amide bonds. The molecule has 34 heavy (non-hydrogen) atoms. The number of nitrogens with zero attached hydrogens (tertiary/aromatic N) is 3. The number of nitriles is 1. The second-order valence-corrected chi connectivity index (χ2v) is 8.24. The zero-order valence-electron chi connectivity index (χ0n) is 18.3. The molecule has 2 atom stereocenters. The van der Waals surface area contributed by atoms with Gasteiger partial charge in [-0.15, -0.1) is 0 Å². The number of allylic oxidation sites excluding steroid dienone is 1. The molecule has 2 aliphatic heterocycles. The minimum absolute atomic E-state index is 0.0654. The summed E-state index contributed by atoms with van der Waals surface area (Å²) >= 11 is 0. The van der Waals surface area contributed by atoms with Crippen LogP contribution in [0.15, 0.2) is 59.8 Å². The molecule has 3 N–H and O–H groups in total. The Hall–Kier alpha value is -3.84. The lowest BCUT2D eigenvalue weighted by Gasteiger charge is -2.41. The van der Waals surface area contributed by atoms with Gasteiger partial charge in [-0.25, -0.2) is 4.79 Å². The van der Waals surface area contributed by atoms with Crippen LogP contribution in [0.1, 0.15) is 42.1 Å². The number of hydrogen-bond acceptors (Lipinski definition) is 4. The van der Waals surface area contributed by atoms with Crippen LogP contribution in [0.2, 0.25) is 0 Å². The summed E-state index contributed by atoms with van der Waals surface area (Å²) in [6.45, 7) is 1.92. The Balaban J connectivity index is 1.81. The molecule has 2 heterocycles. The van der Waals surface area contributed by atoms with E-state index in [0.29, 0.717) is 5.56 Å². The first-order valence-corrected chi connectivity index (χ1v) is 10.6. The fraction of sp³-hybridized carbons (Fsp3) is 0.292. The average Bonchev–Trinajstić information content (AvgIpc) is 2.74. The van der Waals surface area contributed by atoms with Gasteiger partial charge in [0, 0.05) is 11.7 Å². The SMILES string of the molecule is CC1=C(C#N)[C@@H](c2ccc(C3CCN3)cc2)N(CC(N)=O)C(=O)N1c1cccc(C(F)(F)F)c1. The highest BCUT2D eigenvalue weighted by molar-refractivity contribution is 5.99. The largest absolute Gasteiger partial charge is 0.416 e. The minimum Gasteiger partial charge on any atom is -0.368 e. The van der Waals surface area contributed by atoms with E-state index in [9.17, 15) is 28.0 Å². The molecule has 7 nitrogen and oxygen atoms in total. The van der Waals surface area contributed by atoms with Gasteiger partial charge in [-0.3, -0.25) is 9.69 Å². The van der Waals surface area contributed by atoms with E-state index >= 15 is 0 Å². The molecule has 2 aromatic rings. The molecule has 10 heteroatoms. The maximum atomic E-state index is 13.5. The van der Waals surface area contributed by atoms with Gasteiger partial charge in [0.05, 0.1) is 28.9 Å². The van der Waals surface area contributed by atoms with E-state index in [1.165, 1.54) is 19.1 Å². The van der Waals surface area contributed by atoms with Crippen molar-refractivity contribution in [2.75, 3.05) is 18.0 Å². The van der Waals surface area contributed by atoms with E-state index in [1.807, 2.05) is 12.1 Å². The van der Waals surface area contributed by atoms with Gasteiger partial charge in [0.1, 0.15) is 6.54 Å². The van der Waals surface area contributed by atoms with Crippen LogP contribution in [0, 0.1) is 11.3 Å². The Labute approximate surface area is 194 Å². The van der Waals surface area contributed by atoms with Crippen molar-refractivity contribution in [2.24, 2.45) is 5.73 Å². The molecule has 1 unspecified atom stereocenters. The van der Waals surface area contributed by atoms with Crippen molar-refractivity contribution in [1.29, 1.82) is 5.26 Å². The molecule has 2 aromatic carbocycles. The first-order valence-electron chi connectivity index (χ1n) is 10.6. The summed E-state index contributed by atoms with van der Waals surface area (Å²) in [5, 5.41) is 13.3. The quantitative estimate of drug-likeness (QED) is 0.691. The van der Waals surface area contributed by atoms with Gasteiger partial charge in [0.2, 0.25) is 5.91 Å². The number of alkyl halides is 3. The van der Waals surface area contributed by atoms with Crippen LogP contribution in [-0.4, -0.2) is 29.9 Å². The van der Waals surface area contributed by atoms with Gasteiger partial charge in [0.15, 0.2) is 0 Å². The number of nitrogens with two attached hydrogens (primary N) is 1. The van der Waals surface area contributed by atoms with Crippen LogP contribution in [0.25, 0.3) is 0 Å². The van der Waals surface area contributed by atoms with Crippen LogP contribution in [0.5, 0.6) is 0 Å². The smallest absolute Gasteiger partial charge is 0.368 e. The number of urea groups is 1. The Morgan fingerprint density at radius 3 is 2.38 bits per heavy atom. The third-order valence-electron chi connectivity index (χ3n) is 6.10. The Bertz CT molecular complexity index is 1200. The van der Waals surface area contributed by atoms with Gasteiger partial charge in [0.25, 0.3) is 0 Å². The van der Waals surface area contributed by atoms with Gasteiger partial charge >= 0.3 is 12.2 Å². The second kappa shape index (κ2) is 8.83. The Morgan fingerprint density at radius 2 is 1.85 bits per heavy atom. The molecule has 0 bridgehead atoms. The first-order chi connectivity index (χ1) is 16.1. The minimum atomic E-state index is -4.61. The van der Waals surface area contributed by atoms with Crippen molar-refractivity contribution < 1.29 is 22.8 Å². The van der Waals surface area contributed by atoms with E-state index in [-0.39, 0.29) is 23.0 Å². The molecule has 1 fully saturated rings. The zero-order chi connectivity index (χ0) is 24.6. The number of hydrogen-bond donors (Lipinski definition) is 2. The van der Waals surface area contributed by atoms with E-state index in [4.69, 9.17) is 5.73 Å². The molecule has 1 saturated heterocycles. The van der Waals surface area contributed by atoms with Crippen molar-refractivity contribution in [2.45, 2.75) is 31.6 Å². The van der Waals surface area contributed by atoms with E-state index in [2.05, 4.69) is 11.4 Å².